The summed E-state index contributed by atoms with van der Waals surface area (Å²) < 4.78 is 0. The van der Waals surface area contributed by atoms with Gasteiger partial charge in [-0.2, -0.15) is 0 Å². The van der Waals surface area contributed by atoms with Crippen molar-refractivity contribution in [3.05, 3.63) is 16.0 Å². The highest BCUT2D eigenvalue weighted by molar-refractivity contribution is 7.16. The molecule has 1 aliphatic carbocycles. The van der Waals surface area contributed by atoms with Gasteiger partial charge in [-0.1, -0.05) is 0 Å². The molecule has 82 valence electrons. The Morgan fingerprint density at radius 2 is 2.00 bits per heavy atom. The van der Waals surface area contributed by atoms with Gasteiger partial charge in [-0.3, -0.25) is 4.79 Å². The van der Waals surface area contributed by atoms with Crippen LogP contribution in [-0.4, -0.2) is 24.9 Å². The summed E-state index contributed by atoms with van der Waals surface area (Å²) in [5.74, 6) is 0.0481. The fourth-order valence-electron chi connectivity index (χ4n) is 2.05. The summed E-state index contributed by atoms with van der Waals surface area (Å²) in [6, 6.07) is 0. The van der Waals surface area contributed by atoms with E-state index in [1.54, 1.807) is 30.3 Å². The zero-order valence-corrected chi connectivity index (χ0v) is 9.99. The summed E-state index contributed by atoms with van der Waals surface area (Å²) in [6.45, 7) is 0. The van der Waals surface area contributed by atoms with E-state index >= 15 is 0 Å². The SMILES string of the molecule is CN(C)C(=O)c1c(N)sc2c1CCCC2. The standard InChI is InChI=1S/C11H16N2OS/c1-13(2)11(14)9-7-5-3-4-6-8(7)15-10(9)12/h3-6,12H2,1-2H3. The number of thiophene rings is 1. The van der Waals surface area contributed by atoms with Gasteiger partial charge < -0.3 is 10.6 Å². The minimum atomic E-state index is 0.0481. The molecule has 4 heteroatoms. The third-order valence-electron chi connectivity index (χ3n) is 2.82. The fourth-order valence-corrected chi connectivity index (χ4v) is 3.20. The molecular formula is C11H16N2OS. The monoisotopic (exact) mass is 224 g/mol. The van der Waals surface area contributed by atoms with E-state index < -0.39 is 0 Å². The van der Waals surface area contributed by atoms with Gasteiger partial charge in [0.15, 0.2) is 0 Å². The first-order chi connectivity index (χ1) is 7.11. The summed E-state index contributed by atoms with van der Waals surface area (Å²) in [5.41, 5.74) is 7.91. The van der Waals surface area contributed by atoms with Gasteiger partial charge in [-0.25, -0.2) is 0 Å². The van der Waals surface area contributed by atoms with E-state index in [0.717, 1.165) is 18.4 Å². The van der Waals surface area contributed by atoms with E-state index in [0.29, 0.717) is 5.00 Å². The smallest absolute Gasteiger partial charge is 0.256 e. The van der Waals surface area contributed by atoms with Crippen molar-refractivity contribution in [2.24, 2.45) is 0 Å². The topological polar surface area (TPSA) is 46.3 Å². The second-order valence-corrected chi connectivity index (χ2v) is 5.29. The highest BCUT2D eigenvalue weighted by Crippen LogP contribution is 2.36. The van der Waals surface area contributed by atoms with Crippen LogP contribution in [0.2, 0.25) is 0 Å². The first kappa shape index (κ1) is 10.5. The Hall–Kier alpha value is -1.03. The number of anilines is 1. The Balaban J connectivity index is 2.46. The van der Waals surface area contributed by atoms with E-state index in [1.807, 2.05) is 0 Å². The first-order valence-electron chi connectivity index (χ1n) is 5.23. The van der Waals surface area contributed by atoms with Crippen LogP contribution in [0.1, 0.15) is 33.6 Å². The Morgan fingerprint density at radius 1 is 1.33 bits per heavy atom. The number of nitrogens with zero attached hydrogens (tertiary/aromatic N) is 1. The van der Waals surface area contributed by atoms with Gasteiger partial charge in [0.2, 0.25) is 0 Å². The van der Waals surface area contributed by atoms with Gasteiger partial charge in [-0.15, -0.1) is 11.3 Å². The lowest BCUT2D eigenvalue weighted by molar-refractivity contribution is 0.0828. The molecule has 0 unspecified atom stereocenters. The first-order valence-corrected chi connectivity index (χ1v) is 6.04. The summed E-state index contributed by atoms with van der Waals surface area (Å²) in [4.78, 5) is 14.9. The van der Waals surface area contributed by atoms with Crippen LogP contribution in [0.25, 0.3) is 0 Å². The van der Waals surface area contributed by atoms with E-state index in [9.17, 15) is 4.79 Å². The average molecular weight is 224 g/mol. The zero-order chi connectivity index (χ0) is 11.0. The van der Waals surface area contributed by atoms with Crippen LogP contribution in [0.3, 0.4) is 0 Å². The van der Waals surface area contributed by atoms with Crippen LogP contribution in [0.5, 0.6) is 0 Å². The average Bonchev–Trinajstić information content (AvgIpc) is 2.52. The van der Waals surface area contributed by atoms with Gasteiger partial charge in [0, 0.05) is 19.0 Å². The van der Waals surface area contributed by atoms with Gasteiger partial charge in [-0.05, 0) is 31.2 Å². The maximum atomic E-state index is 12.0. The summed E-state index contributed by atoms with van der Waals surface area (Å²) >= 11 is 1.59. The largest absolute Gasteiger partial charge is 0.390 e. The van der Waals surface area contributed by atoms with Crippen molar-refractivity contribution in [1.29, 1.82) is 0 Å². The van der Waals surface area contributed by atoms with E-state index in [2.05, 4.69) is 0 Å². The number of hydrogen-bond donors (Lipinski definition) is 1. The molecule has 2 rings (SSSR count). The van der Waals surface area contributed by atoms with E-state index in [-0.39, 0.29) is 5.91 Å². The number of nitrogens with two attached hydrogens (primary N) is 1. The van der Waals surface area contributed by atoms with Crippen LogP contribution in [-0.2, 0) is 12.8 Å². The molecule has 0 bridgehead atoms. The molecule has 2 N–H and O–H groups in total. The van der Waals surface area contributed by atoms with Crippen molar-refractivity contribution in [2.45, 2.75) is 25.7 Å². The fraction of sp³-hybridized carbons (Fsp3) is 0.545. The molecule has 1 aliphatic rings. The molecule has 0 radical (unpaired) electrons. The van der Waals surface area contributed by atoms with Crippen molar-refractivity contribution < 1.29 is 4.79 Å². The number of aryl methyl sites for hydroxylation is 1. The quantitative estimate of drug-likeness (QED) is 0.792. The van der Waals surface area contributed by atoms with Gasteiger partial charge in [0.25, 0.3) is 5.91 Å². The van der Waals surface area contributed by atoms with Crippen LogP contribution >= 0.6 is 11.3 Å². The molecule has 1 aromatic heterocycles. The van der Waals surface area contributed by atoms with Crippen LogP contribution < -0.4 is 5.73 Å². The zero-order valence-electron chi connectivity index (χ0n) is 9.17. The highest BCUT2D eigenvalue weighted by Gasteiger charge is 2.24. The third kappa shape index (κ3) is 1.74. The molecular weight excluding hydrogens is 208 g/mol. The lowest BCUT2D eigenvalue weighted by Crippen LogP contribution is -2.23. The molecule has 0 aromatic carbocycles. The minimum absolute atomic E-state index is 0.0481. The number of amides is 1. The predicted octanol–water partition coefficient (Wildman–Crippen LogP) is 1.91. The number of hydrogen-bond acceptors (Lipinski definition) is 3. The van der Waals surface area contributed by atoms with Gasteiger partial charge >= 0.3 is 0 Å². The van der Waals surface area contributed by atoms with Crippen molar-refractivity contribution in [1.82, 2.24) is 4.90 Å². The number of carbonyl (C=O) groups excluding carboxylic acids is 1. The van der Waals surface area contributed by atoms with E-state index in [4.69, 9.17) is 5.73 Å². The number of fused-ring (bicyclic) bond motifs is 1. The Morgan fingerprint density at radius 3 is 2.67 bits per heavy atom. The van der Waals surface area contributed by atoms with E-state index in [1.165, 1.54) is 23.3 Å². The minimum Gasteiger partial charge on any atom is -0.390 e. The van der Waals surface area contributed by atoms with Crippen molar-refractivity contribution >= 4 is 22.2 Å². The van der Waals surface area contributed by atoms with Gasteiger partial charge in [0.1, 0.15) is 0 Å². The molecule has 3 nitrogen and oxygen atoms in total. The normalized spacial score (nSPS) is 14.8. The Bertz CT molecular complexity index is 396. The molecule has 1 heterocycles. The summed E-state index contributed by atoms with van der Waals surface area (Å²) in [5, 5.41) is 0.695. The number of nitrogen functional groups attached to an aromatic ring is 1. The summed E-state index contributed by atoms with van der Waals surface area (Å²) in [7, 11) is 3.54. The molecule has 0 saturated carbocycles. The molecule has 0 saturated heterocycles. The predicted molar refractivity (Wildman–Crippen MR) is 63.4 cm³/mol. The summed E-state index contributed by atoms with van der Waals surface area (Å²) in [6.07, 6.45) is 4.50. The molecule has 0 fully saturated rings. The van der Waals surface area contributed by atoms with Gasteiger partial charge in [0.05, 0.1) is 10.6 Å². The molecule has 1 amide bonds. The molecule has 0 spiro atoms. The Labute approximate surface area is 93.9 Å². The molecule has 1 aromatic rings. The maximum absolute atomic E-state index is 12.0. The molecule has 0 aliphatic heterocycles. The number of carbonyl (C=O) groups is 1. The second kappa shape index (κ2) is 3.85. The molecule has 15 heavy (non-hydrogen) atoms. The lowest BCUT2D eigenvalue weighted by atomic mass is 9.95. The highest BCUT2D eigenvalue weighted by atomic mass is 32.1. The maximum Gasteiger partial charge on any atom is 0.256 e. The van der Waals surface area contributed by atoms with Crippen molar-refractivity contribution in [3.8, 4) is 0 Å². The van der Waals surface area contributed by atoms with Crippen LogP contribution in [0, 0.1) is 0 Å². The number of rotatable bonds is 1. The van der Waals surface area contributed by atoms with Crippen LogP contribution in [0.15, 0.2) is 0 Å². The second-order valence-electron chi connectivity index (χ2n) is 4.15. The third-order valence-corrected chi connectivity index (χ3v) is 3.94. The Kier molecular flexibility index (Phi) is 2.69. The van der Waals surface area contributed by atoms with Crippen LogP contribution in [0.4, 0.5) is 5.00 Å². The van der Waals surface area contributed by atoms with Crippen molar-refractivity contribution in [3.63, 3.8) is 0 Å². The lowest BCUT2D eigenvalue weighted by Gasteiger charge is -2.15. The molecule has 0 atom stereocenters. The van der Waals surface area contributed by atoms with Crippen molar-refractivity contribution in [2.75, 3.05) is 19.8 Å².